The molecular weight excluding hydrogens is 332 g/mol. The zero-order valence-electron chi connectivity index (χ0n) is 9.09. The Bertz CT molecular complexity index is 592. The third-order valence-corrected chi connectivity index (χ3v) is 3.07. The van der Waals surface area contributed by atoms with Gasteiger partial charge >= 0.3 is 6.18 Å². The van der Waals surface area contributed by atoms with Crippen LogP contribution in [0.25, 0.3) is 11.4 Å². The highest BCUT2D eigenvalue weighted by molar-refractivity contribution is 9.10. The van der Waals surface area contributed by atoms with Crippen molar-refractivity contribution in [3.05, 3.63) is 39.6 Å². The van der Waals surface area contributed by atoms with Crippen molar-refractivity contribution in [3.8, 4) is 11.4 Å². The van der Waals surface area contributed by atoms with E-state index in [-0.39, 0.29) is 5.02 Å². The molecule has 0 N–H and O–H groups in total. The molecule has 2 nitrogen and oxygen atoms in total. The van der Waals surface area contributed by atoms with Crippen molar-refractivity contribution in [2.45, 2.75) is 6.18 Å². The number of alkyl halides is 3. The van der Waals surface area contributed by atoms with Gasteiger partial charge in [0.1, 0.15) is 10.4 Å². The lowest BCUT2D eigenvalue weighted by Crippen LogP contribution is -2.05. The Morgan fingerprint density at radius 2 is 2.00 bits per heavy atom. The van der Waals surface area contributed by atoms with Gasteiger partial charge < -0.3 is 4.57 Å². The van der Waals surface area contributed by atoms with Crippen LogP contribution in [0, 0.1) is 0 Å². The van der Waals surface area contributed by atoms with Gasteiger partial charge in [0, 0.05) is 18.8 Å². The standard InChI is InChI=1S/C11H7BrClF3N2/c1-18-5-9(12)17-10(18)6-2-3-7(8(13)4-6)11(14,15)16/h2-5H,1H3. The van der Waals surface area contributed by atoms with E-state index in [1.165, 1.54) is 12.1 Å². The van der Waals surface area contributed by atoms with Crippen molar-refractivity contribution in [2.75, 3.05) is 0 Å². The Labute approximate surface area is 115 Å². The van der Waals surface area contributed by atoms with E-state index < -0.39 is 11.7 Å². The van der Waals surface area contributed by atoms with Crippen molar-refractivity contribution in [3.63, 3.8) is 0 Å². The Kier molecular flexibility index (Phi) is 3.42. The summed E-state index contributed by atoms with van der Waals surface area (Å²) in [6.45, 7) is 0. The monoisotopic (exact) mass is 338 g/mol. The first kappa shape index (κ1) is 13.4. The lowest BCUT2D eigenvalue weighted by Gasteiger charge is -2.10. The fourth-order valence-electron chi connectivity index (χ4n) is 1.58. The molecule has 0 saturated carbocycles. The van der Waals surface area contributed by atoms with E-state index in [1.54, 1.807) is 17.8 Å². The van der Waals surface area contributed by atoms with Crippen molar-refractivity contribution >= 4 is 27.5 Å². The molecule has 1 aromatic carbocycles. The Hall–Kier alpha value is -1.01. The summed E-state index contributed by atoms with van der Waals surface area (Å²) < 4.78 is 40.0. The van der Waals surface area contributed by atoms with Crippen LogP contribution in [0.2, 0.25) is 5.02 Å². The Morgan fingerprint density at radius 3 is 2.44 bits per heavy atom. The van der Waals surface area contributed by atoms with Crippen molar-refractivity contribution in [1.82, 2.24) is 9.55 Å². The number of hydrogen-bond acceptors (Lipinski definition) is 1. The molecule has 0 aliphatic heterocycles. The zero-order valence-corrected chi connectivity index (χ0v) is 11.4. The van der Waals surface area contributed by atoms with Gasteiger partial charge in [0.15, 0.2) is 0 Å². The lowest BCUT2D eigenvalue weighted by molar-refractivity contribution is -0.137. The molecule has 0 unspecified atom stereocenters. The first-order valence-corrected chi connectivity index (χ1v) is 6.02. The molecule has 2 rings (SSSR count). The van der Waals surface area contributed by atoms with Crippen LogP contribution in [0.5, 0.6) is 0 Å². The second kappa shape index (κ2) is 4.59. The summed E-state index contributed by atoms with van der Waals surface area (Å²) in [5.74, 6) is 0.539. The maximum Gasteiger partial charge on any atom is 0.417 e. The van der Waals surface area contributed by atoms with Crippen molar-refractivity contribution < 1.29 is 13.2 Å². The quantitative estimate of drug-likeness (QED) is 0.747. The topological polar surface area (TPSA) is 17.8 Å². The van der Waals surface area contributed by atoms with E-state index >= 15 is 0 Å². The molecule has 1 aromatic heterocycles. The van der Waals surface area contributed by atoms with Gasteiger partial charge in [0.05, 0.1) is 10.6 Å². The molecule has 0 aliphatic rings. The van der Waals surface area contributed by atoms with Gasteiger partial charge in [-0.25, -0.2) is 4.98 Å². The fourth-order valence-corrected chi connectivity index (χ4v) is 2.34. The molecule has 18 heavy (non-hydrogen) atoms. The lowest BCUT2D eigenvalue weighted by atomic mass is 10.1. The van der Waals surface area contributed by atoms with Crippen molar-refractivity contribution in [1.29, 1.82) is 0 Å². The van der Waals surface area contributed by atoms with E-state index in [2.05, 4.69) is 20.9 Å². The number of rotatable bonds is 1. The minimum Gasteiger partial charge on any atom is -0.333 e. The summed E-state index contributed by atoms with van der Waals surface area (Å²) in [4.78, 5) is 4.15. The van der Waals surface area contributed by atoms with E-state index in [4.69, 9.17) is 11.6 Å². The molecule has 0 atom stereocenters. The number of aromatic nitrogens is 2. The number of nitrogens with zero attached hydrogens (tertiary/aromatic N) is 2. The average molecular weight is 340 g/mol. The average Bonchev–Trinajstić information content (AvgIpc) is 2.55. The molecule has 0 saturated heterocycles. The molecule has 7 heteroatoms. The normalized spacial score (nSPS) is 11.9. The molecule has 0 bridgehead atoms. The smallest absolute Gasteiger partial charge is 0.333 e. The minimum absolute atomic E-state index is 0.334. The van der Waals surface area contributed by atoms with Crippen LogP contribution in [-0.2, 0) is 13.2 Å². The van der Waals surface area contributed by atoms with Gasteiger partial charge in [-0.1, -0.05) is 17.7 Å². The van der Waals surface area contributed by atoms with Gasteiger partial charge in [-0.15, -0.1) is 0 Å². The third kappa shape index (κ3) is 2.54. The highest BCUT2D eigenvalue weighted by Crippen LogP contribution is 2.36. The van der Waals surface area contributed by atoms with Gasteiger partial charge in [-0.3, -0.25) is 0 Å². The molecule has 2 aromatic rings. The molecule has 96 valence electrons. The Balaban J connectivity index is 2.50. The highest BCUT2D eigenvalue weighted by Gasteiger charge is 2.33. The van der Waals surface area contributed by atoms with E-state index in [0.29, 0.717) is 16.0 Å². The SMILES string of the molecule is Cn1cc(Br)nc1-c1ccc(C(F)(F)F)c(Cl)c1. The van der Waals surface area contributed by atoms with Crippen LogP contribution in [-0.4, -0.2) is 9.55 Å². The number of imidazole rings is 1. The summed E-state index contributed by atoms with van der Waals surface area (Å²) in [5, 5.41) is -0.334. The molecule has 0 radical (unpaired) electrons. The summed E-state index contributed by atoms with van der Waals surface area (Å²) >= 11 is 8.85. The predicted octanol–water partition coefficient (Wildman–Crippen LogP) is 4.52. The van der Waals surface area contributed by atoms with Crippen molar-refractivity contribution in [2.24, 2.45) is 7.05 Å². The molecule has 0 fully saturated rings. The Morgan fingerprint density at radius 1 is 1.33 bits per heavy atom. The van der Waals surface area contributed by atoms with Crippen LogP contribution in [0.4, 0.5) is 13.2 Å². The zero-order chi connectivity index (χ0) is 13.5. The van der Waals surface area contributed by atoms with E-state index in [9.17, 15) is 13.2 Å². The largest absolute Gasteiger partial charge is 0.417 e. The van der Waals surface area contributed by atoms with Crippen LogP contribution in [0.1, 0.15) is 5.56 Å². The van der Waals surface area contributed by atoms with Gasteiger partial charge in [0.25, 0.3) is 0 Å². The van der Waals surface area contributed by atoms with Gasteiger partial charge in [0.2, 0.25) is 0 Å². The summed E-state index contributed by atoms with van der Waals surface area (Å²) in [5.41, 5.74) is -0.317. The number of halogens is 5. The summed E-state index contributed by atoms with van der Waals surface area (Å²) in [7, 11) is 1.75. The first-order chi connectivity index (χ1) is 8.29. The molecular formula is C11H7BrClF3N2. The summed E-state index contributed by atoms with van der Waals surface area (Å²) in [6, 6.07) is 3.57. The highest BCUT2D eigenvalue weighted by atomic mass is 79.9. The second-order valence-electron chi connectivity index (χ2n) is 3.69. The number of hydrogen-bond donors (Lipinski definition) is 0. The van der Waals surface area contributed by atoms with E-state index in [0.717, 1.165) is 6.07 Å². The van der Waals surface area contributed by atoms with Gasteiger partial charge in [-0.2, -0.15) is 13.2 Å². The molecule has 0 aliphatic carbocycles. The third-order valence-electron chi connectivity index (χ3n) is 2.38. The molecule has 0 amide bonds. The first-order valence-electron chi connectivity index (χ1n) is 4.85. The molecule has 0 spiro atoms. The van der Waals surface area contributed by atoms with Crippen LogP contribution >= 0.6 is 27.5 Å². The fraction of sp³-hybridized carbons (Fsp3) is 0.182. The van der Waals surface area contributed by atoms with Crippen LogP contribution < -0.4 is 0 Å². The number of aryl methyl sites for hydroxylation is 1. The van der Waals surface area contributed by atoms with Crippen LogP contribution in [0.3, 0.4) is 0 Å². The van der Waals surface area contributed by atoms with E-state index in [1.807, 2.05) is 0 Å². The van der Waals surface area contributed by atoms with Gasteiger partial charge in [-0.05, 0) is 28.1 Å². The maximum absolute atomic E-state index is 12.6. The minimum atomic E-state index is -4.45. The maximum atomic E-state index is 12.6. The van der Waals surface area contributed by atoms with Crippen LogP contribution in [0.15, 0.2) is 29.0 Å². The number of benzene rings is 1. The predicted molar refractivity (Wildman–Crippen MR) is 66.4 cm³/mol. The second-order valence-corrected chi connectivity index (χ2v) is 4.91. The summed E-state index contributed by atoms with van der Waals surface area (Å²) in [6.07, 6.45) is -2.74. The molecule has 1 heterocycles.